The van der Waals surface area contributed by atoms with Gasteiger partial charge < -0.3 is 56.0 Å². The number of hydrogen-bond acceptors (Lipinski definition) is 21. The van der Waals surface area contributed by atoms with Gasteiger partial charge in [0.25, 0.3) is 0 Å². The fourth-order valence-electron chi connectivity index (χ4n) is 3.95. The lowest BCUT2D eigenvalue weighted by atomic mass is 10.4. The molecule has 4 rings (SSSR count). The number of phosphoric ester groups is 2. The standard InChI is InChI=1S/C20H31N10O15P3S/c21-17-15-19(25-7-23-17)29(9-27-15)13(3-33)42-11(1-31)5-40-46(35,36)44-48(39,49)45-47(37,38)41-6-12(2-32)43-14(4-34)30-10-28-16-18(22)24-8-26-20(16)30/h7-14,31-34H,1-6H2,(H,35,36)(H,37,38)(H,39,49)(H2,21,23,25)(H2,22,24,26)/t11-,12+,13+,14-,48?. The normalized spacial score (nSPS) is 18.4. The highest BCUT2D eigenvalue weighted by molar-refractivity contribution is 8.09. The molecule has 0 saturated heterocycles. The Morgan fingerprint density at radius 3 is 1.41 bits per heavy atom. The highest BCUT2D eigenvalue weighted by Crippen LogP contribution is 2.68. The van der Waals surface area contributed by atoms with Gasteiger partial charge in [0.2, 0.25) is 0 Å². The van der Waals surface area contributed by atoms with Crippen LogP contribution >= 0.6 is 22.4 Å². The highest BCUT2D eigenvalue weighted by Gasteiger charge is 2.39. The summed E-state index contributed by atoms with van der Waals surface area (Å²) < 4.78 is 56.8. The number of nitrogen functional groups attached to an aromatic ring is 2. The van der Waals surface area contributed by atoms with E-state index < -0.39 is 86.7 Å². The van der Waals surface area contributed by atoms with Crippen molar-refractivity contribution >= 4 is 68.1 Å². The monoisotopic (exact) mass is 776 g/mol. The van der Waals surface area contributed by atoms with Gasteiger partial charge in [-0.1, -0.05) is 0 Å². The van der Waals surface area contributed by atoms with Crippen molar-refractivity contribution in [3.05, 3.63) is 25.3 Å². The van der Waals surface area contributed by atoms with Gasteiger partial charge >= 0.3 is 22.4 Å². The molecule has 0 radical (unpaired) electrons. The molecule has 4 aromatic heterocycles. The molecule has 29 heteroatoms. The zero-order valence-electron chi connectivity index (χ0n) is 24.7. The average Bonchev–Trinajstić information content (AvgIpc) is 3.67. The minimum atomic E-state index is -5.39. The Morgan fingerprint density at radius 2 is 1.06 bits per heavy atom. The minimum absolute atomic E-state index is 0.0409. The maximum atomic E-state index is 12.5. The van der Waals surface area contributed by atoms with Crippen LogP contribution in [0.5, 0.6) is 0 Å². The first-order valence-electron chi connectivity index (χ1n) is 13.4. The lowest BCUT2D eigenvalue weighted by Crippen LogP contribution is -2.30. The van der Waals surface area contributed by atoms with Crippen molar-refractivity contribution in [2.75, 3.05) is 51.1 Å². The summed E-state index contributed by atoms with van der Waals surface area (Å²) in [5.41, 5.74) is 12.2. The summed E-state index contributed by atoms with van der Waals surface area (Å²) in [6, 6.07) is 0. The first-order valence-corrected chi connectivity index (χ1v) is 19.0. The number of hydrogen-bond donors (Lipinski definition) is 9. The Balaban J connectivity index is 1.31. The first kappa shape index (κ1) is 39.1. The molecule has 4 aromatic rings. The molecule has 11 N–H and O–H groups in total. The number of aliphatic hydroxyl groups excluding tert-OH is 4. The second-order valence-corrected chi connectivity index (χ2v) is 15.5. The van der Waals surface area contributed by atoms with E-state index in [2.05, 4.69) is 50.3 Å². The van der Waals surface area contributed by atoms with Gasteiger partial charge in [0.1, 0.15) is 35.9 Å². The maximum absolute atomic E-state index is 12.5. The summed E-state index contributed by atoms with van der Waals surface area (Å²) in [7, 11) is -10.8. The summed E-state index contributed by atoms with van der Waals surface area (Å²) in [5.74, 6) is 0.0818. The summed E-state index contributed by atoms with van der Waals surface area (Å²) in [5, 5.41) is 39.1. The molecule has 0 aliphatic carbocycles. The Morgan fingerprint density at radius 1 is 0.673 bits per heavy atom. The van der Waals surface area contributed by atoms with Gasteiger partial charge in [-0.3, -0.25) is 18.2 Å². The predicted molar refractivity (Wildman–Crippen MR) is 166 cm³/mol. The Hall–Kier alpha value is -2.71. The molecule has 0 spiro atoms. The Bertz CT molecular complexity index is 1740. The van der Waals surface area contributed by atoms with Crippen LogP contribution in [0.25, 0.3) is 22.3 Å². The summed E-state index contributed by atoms with van der Waals surface area (Å²) in [6.45, 7) is -9.93. The van der Waals surface area contributed by atoms with Crippen LogP contribution in [0.3, 0.4) is 0 Å². The number of ether oxygens (including phenoxy) is 2. The third kappa shape index (κ3) is 10.2. The van der Waals surface area contributed by atoms with Crippen molar-refractivity contribution in [3.63, 3.8) is 0 Å². The van der Waals surface area contributed by atoms with Gasteiger partial charge in [0.15, 0.2) is 35.4 Å². The van der Waals surface area contributed by atoms with E-state index in [1.807, 2.05) is 0 Å². The number of imidazole rings is 2. The van der Waals surface area contributed by atoms with E-state index in [0.717, 1.165) is 12.7 Å². The molecular weight excluding hydrogens is 745 g/mol. The molecule has 3 unspecified atom stereocenters. The maximum Gasteiger partial charge on any atom is 0.479 e. The topological polar surface area (TPSA) is 370 Å². The molecule has 0 bridgehead atoms. The van der Waals surface area contributed by atoms with Crippen molar-refractivity contribution in [2.24, 2.45) is 0 Å². The molecule has 25 nitrogen and oxygen atoms in total. The van der Waals surface area contributed by atoms with E-state index in [1.165, 1.54) is 21.8 Å². The summed E-state index contributed by atoms with van der Waals surface area (Å²) in [4.78, 5) is 54.1. The molecular formula is C20H31N10O15P3S. The van der Waals surface area contributed by atoms with Crippen LogP contribution in [0.1, 0.15) is 12.5 Å². The third-order valence-electron chi connectivity index (χ3n) is 6.07. The van der Waals surface area contributed by atoms with E-state index in [9.17, 15) is 44.2 Å². The fraction of sp³-hybridized carbons (Fsp3) is 0.500. The number of aromatic nitrogens is 8. The third-order valence-corrected chi connectivity index (χ3v) is 11.5. The largest absolute Gasteiger partial charge is 0.479 e. The number of fused-ring (bicyclic) bond motifs is 2. The molecule has 0 aliphatic heterocycles. The van der Waals surface area contributed by atoms with Gasteiger partial charge in [0.05, 0.1) is 52.3 Å². The van der Waals surface area contributed by atoms with Gasteiger partial charge in [0, 0.05) is 0 Å². The zero-order chi connectivity index (χ0) is 36.0. The number of anilines is 2. The van der Waals surface area contributed by atoms with Gasteiger partial charge in [-0.05, 0) is 11.8 Å². The van der Waals surface area contributed by atoms with Crippen LogP contribution in [0.4, 0.5) is 11.6 Å². The van der Waals surface area contributed by atoms with E-state index in [4.69, 9.17) is 30.0 Å². The van der Waals surface area contributed by atoms with Crippen LogP contribution < -0.4 is 11.5 Å². The molecule has 0 saturated carbocycles. The number of phosphoric acid groups is 2. The fourth-order valence-corrected chi connectivity index (χ4v) is 9.02. The molecule has 272 valence electrons. The first-order chi connectivity index (χ1) is 23.1. The lowest BCUT2D eigenvalue weighted by Gasteiger charge is -2.26. The van der Waals surface area contributed by atoms with Crippen LogP contribution in [-0.2, 0) is 48.1 Å². The number of nitrogens with zero attached hydrogens (tertiary/aromatic N) is 8. The van der Waals surface area contributed by atoms with Gasteiger partial charge in [-0.15, -0.1) is 0 Å². The highest BCUT2D eigenvalue weighted by atomic mass is 32.5. The van der Waals surface area contributed by atoms with Crippen LogP contribution in [0, 0.1) is 0 Å². The van der Waals surface area contributed by atoms with Gasteiger partial charge in [-0.2, -0.15) is 0 Å². The Labute approximate surface area is 279 Å². The summed E-state index contributed by atoms with van der Waals surface area (Å²) in [6.07, 6.45) is -0.629. The summed E-state index contributed by atoms with van der Waals surface area (Å²) >= 11 is 4.56. The van der Waals surface area contributed by atoms with Crippen molar-refractivity contribution in [1.29, 1.82) is 0 Å². The van der Waals surface area contributed by atoms with E-state index in [0.29, 0.717) is 0 Å². The van der Waals surface area contributed by atoms with Crippen molar-refractivity contribution in [3.8, 4) is 0 Å². The average molecular weight is 777 g/mol. The molecule has 0 aliphatic rings. The Kier molecular flexibility index (Phi) is 13.2. The smallest absolute Gasteiger partial charge is 0.394 e. The molecule has 49 heavy (non-hydrogen) atoms. The van der Waals surface area contributed by atoms with E-state index >= 15 is 0 Å². The van der Waals surface area contributed by atoms with Crippen molar-refractivity contribution in [1.82, 2.24) is 39.0 Å². The molecule has 0 amide bonds. The SMILES string of the molecule is Nc1ncnc2c1ncn2[C@H](CO)O[C@H](CO)COP(=O)(O)OP(O)(=S)OP(=O)(O)OC[C@H](CO)O[C@H](CO)n1cnc2c(N)ncnc21. The minimum Gasteiger partial charge on any atom is -0.394 e. The van der Waals surface area contributed by atoms with Gasteiger partial charge in [-0.25, -0.2) is 47.7 Å². The van der Waals surface area contributed by atoms with Crippen molar-refractivity contribution in [2.45, 2.75) is 24.7 Å². The van der Waals surface area contributed by atoms with E-state index in [1.54, 1.807) is 0 Å². The predicted octanol–water partition coefficient (Wildman–Crippen LogP) is -1.95. The molecule has 4 heterocycles. The molecule has 0 aromatic carbocycles. The van der Waals surface area contributed by atoms with Crippen LogP contribution in [0.2, 0.25) is 0 Å². The zero-order valence-corrected chi connectivity index (χ0v) is 28.2. The van der Waals surface area contributed by atoms with Crippen LogP contribution in [-0.4, -0.2) is 126 Å². The molecule has 7 atom stereocenters. The number of aliphatic hydroxyl groups is 4. The quantitative estimate of drug-likeness (QED) is 0.0440. The second-order valence-electron chi connectivity index (χ2n) is 9.48. The van der Waals surface area contributed by atoms with E-state index in [-0.39, 0.29) is 34.0 Å². The lowest BCUT2D eigenvalue weighted by molar-refractivity contribution is -0.109. The second kappa shape index (κ2) is 16.5. The number of rotatable bonds is 20. The van der Waals surface area contributed by atoms with Crippen LogP contribution in [0.15, 0.2) is 25.3 Å². The van der Waals surface area contributed by atoms with Crippen molar-refractivity contribution < 1.29 is 71.4 Å². The number of nitrogens with two attached hydrogens (primary N) is 2. The molecule has 0 fully saturated rings.